The van der Waals surface area contributed by atoms with Gasteiger partial charge in [0.1, 0.15) is 5.82 Å². The highest BCUT2D eigenvalue weighted by Crippen LogP contribution is 2.35. The average Bonchev–Trinajstić information content (AvgIpc) is 2.43. The SMILES string of the molecule is CNC(=O)c1ccc(N)c(Nc2c(Cl)cc(F)cc2Br)c1. The molecule has 0 aliphatic heterocycles. The summed E-state index contributed by atoms with van der Waals surface area (Å²) in [6, 6.07) is 7.29. The molecule has 0 aromatic heterocycles. The highest BCUT2D eigenvalue weighted by Gasteiger charge is 2.12. The number of halogens is 3. The first kappa shape index (κ1) is 15.6. The largest absolute Gasteiger partial charge is 0.397 e. The number of carbonyl (C=O) groups excluding carboxylic acids is 1. The maximum absolute atomic E-state index is 13.2. The molecule has 4 nitrogen and oxygen atoms in total. The number of nitrogens with one attached hydrogen (secondary N) is 2. The van der Waals surface area contributed by atoms with Crippen LogP contribution in [0.4, 0.5) is 21.5 Å². The van der Waals surface area contributed by atoms with E-state index in [9.17, 15) is 9.18 Å². The third-order valence-electron chi connectivity index (χ3n) is 2.81. The number of hydrogen-bond donors (Lipinski definition) is 3. The summed E-state index contributed by atoms with van der Waals surface area (Å²) in [5.74, 6) is -0.688. The van der Waals surface area contributed by atoms with E-state index in [1.807, 2.05) is 0 Å². The topological polar surface area (TPSA) is 67.2 Å². The molecule has 1 amide bonds. The van der Waals surface area contributed by atoms with Crippen LogP contribution >= 0.6 is 27.5 Å². The van der Waals surface area contributed by atoms with Crippen molar-refractivity contribution in [1.82, 2.24) is 5.32 Å². The number of rotatable bonds is 3. The van der Waals surface area contributed by atoms with Crippen molar-refractivity contribution in [2.75, 3.05) is 18.1 Å². The first-order valence-corrected chi connectivity index (χ1v) is 7.12. The molecule has 0 fully saturated rings. The molecule has 2 rings (SSSR count). The van der Waals surface area contributed by atoms with E-state index in [1.165, 1.54) is 12.1 Å². The van der Waals surface area contributed by atoms with Crippen molar-refractivity contribution in [2.45, 2.75) is 0 Å². The van der Waals surface area contributed by atoms with Gasteiger partial charge in [-0.1, -0.05) is 11.6 Å². The van der Waals surface area contributed by atoms with Gasteiger partial charge in [-0.15, -0.1) is 0 Å². The van der Waals surface area contributed by atoms with E-state index in [0.717, 1.165) is 0 Å². The summed E-state index contributed by atoms with van der Waals surface area (Å²) < 4.78 is 13.7. The molecular formula is C14H12BrClFN3O. The predicted octanol–water partition coefficient (Wildman–Crippen LogP) is 3.93. The van der Waals surface area contributed by atoms with Gasteiger partial charge >= 0.3 is 0 Å². The molecule has 7 heteroatoms. The third-order valence-corrected chi connectivity index (χ3v) is 3.73. The highest BCUT2D eigenvalue weighted by atomic mass is 79.9. The Kier molecular flexibility index (Phi) is 4.69. The lowest BCUT2D eigenvalue weighted by Gasteiger charge is -2.14. The van der Waals surface area contributed by atoms with Crippen LogP contribution < -0.4 is 16.4 Å². The summed E-state index contributed by atoms with van der Waals surface area (Å²) >= 11 is 9.25. The van der Waals surface area contributed by atoms with Gasteiger partial charge in [0.25, 0.3) is 5.91 Å². The molecule has 0 radical (unpaired) electrons. The van der Waals surface area contributed by atoms with Crippen molar-refractivity contribution in [3.63, 3.8) is 0 Å². The van der Waals surface area contributed by atoms with Crippen LogP contribution in [-0.2, 0) is 0 Å². The molecule has 0 unspecified atom stereocenters. The van der Waals surface area contributed by atoms with Crippen LogP contribution in [0.3, 0.4) is 0 Å². The molecule has 4 N–H and O–H groups in total. The molecule has 0 heterocycles. The Morgan fingerprint density at radius 1 is 1.33 bits per heavy atom. The molecular weight excluding hydrogens is 361 g/mol. The average molecular weight is 373 g/mol. The molecule has 21 heavy (non-hydrogen) atoms. The minimum absolute atomic E-state index is 0.201. The minimum Gasteiger partial charge on any atom is -0.397 e. The van der Waals surface area contributed by atoms with Crippen LogP contribution in [0.25, 0.3) is 0 Å². The monoisotopic (exact) mass is 371 g/mol. The fourth-order valence-corrected chi connectivity index (χ4v) is 2.65. The molecule has 0 aliphatic carbocycles. The van der Waals surface area contributed by atoms with Crippen LogP contribution in [-0.4, -0.2) is 13.0 Å². The van der Waals surface area contributed by atoms with Gasteiger partial charge in [-0.25, -0.2) is 4.39 Å². The van der Waals surface area contributed by atoms with Crippen LogP contribution in [0.5, 0.6) is 0 Å². The molecule has 0 aliphatic rings. The third kappa shape index (κ3) is 3.46. The summed E-state index contributed by atoms with van der Waals surface area (Å²) in [6.45, 7) is 0. The van der Waals surface area contributed by atoms with E-state index in [4.69, 9.17) is 17.3 Å². The number of anilines is 3. The molecule has 0 bridgehead atoms. The molecule has 110 valence electrons. The van der Waals surface area contributed by atoms with Gasteiger partial charge < -0.3 is 16.4 Å². The lowest BCUT2D eigenvalue weighted by molar-refractivity contribution is 0.0963. The Hall–Kier alpha value is -1.79. The maximum Gasteiger partial charge on any atom is 0.251 e. The Morgan fingerprint density at radius 3 is 2.67 bits per heavy atom. The summed E-state index contributed by atoms with van der Waals surface area (Å²) in [5, 5.41) is 5.74. The zero-order valence-electron chi connectivity index (χ0n) is 11.0. The summed E-state index contributed by atoms with van der Waals surface area (Å²) in [7, 11) is 1.54. The van der Waals surface area contributed by atoms with E-state index in [1.54, 1.807) is 25.2 Å². The van der Waals surface area contributed by atoms with Gasteiger partial charge in [-0.3, -0.25) is 4.79 Å². The molecule has 0 saturated carbocycles. The summed E-state index contributed by atoms with van der Waals surface area (Å²) in [5.41, 5.74) is 7.75. The minimum atomic E-state index is -0.454. The zero-order chi connectivity index (χ0) is 15.6. The molecule has 0 atom stereocenters. The predicted molar refractivity (Wildman–Crippen MR) is 86.6 cm³/mol. The number of amides is 1. The van der Waals surface area contributed by atoms with Crippen molar-refractivity contribution in [3.8, 4) is 0 Å². The fourth-order valence-electron chi connectivity index (χ4n) is 1.75. The van der Waals surface area contributed by atoms with E-state index in [-0.39, 0.29) is 10.9 Å². The van der Waals surface area contributed by atoms with E-state index >= 15 is 0 Å². The van der Waals surface area contributed by atoms with Crippen molar-refractivity contribution >= 4 is 50.5 Å². The van der Waals surface area contributed by atoms with Gasteiger partial charge in [-0.2, -0.15) is 0 Å². The summed E-state index contributed by atoms with van der Waals surface area (Å²) in [6.07, 6.45) is 0. The van der Waals surface area contributed by atoms with Crippen LogP contribution in [0.1, 0.15) is 10.4 Å². The van der Waals surface area contributed by atoms with Gasteiger partial charge in [0.2, 0.25) is 0 Å². The van der Waals surface area contributed by atoms with Crippen LogP contribution in [0.2, 0.25) is 5.02 Å². The molecule has 2 aromatic rings. The number of hydrogen-bond acceptors (Lipinski definition) is 3. The Labute approximate surface area is 134 Å². The number of benzene rings is 2. The van der Waals surface area contributed by atoms with Crippen molar-refractivity contribution in [3.05, 3.63) is 51.2 Å². The molecule has 0 spiro atoms. The Morgan fingerprint density at radius 2 is 2.05 bits per heavy atom. The van der Waals surface area contributed by atoms with E-state index in [0.29, 0.717) is 27.1 Å². The smallest absolute Gasteiger partial charge is 0.251 e. The Bertz CT molecular complexity index is 686. The van der Waals surface area contributed by atoms with Gasteiger partial charge in [-0.05, 0) is 46.3 Å². The second-order valence-corrected chi connectivity index (χ2v) is 5.51. The van der Waals surface area contributed by atoms with Gasteiger partial charge in [0.15, 0.2) is 0 Å². The number of nitrogens with two attached hydrogens (primary N) is 1. The molecule has 0 saturated heterocycles. The maximum atomic E-state index is 13.2. The van der Waals surface area contributed by atoms with Crippen molar-refractivity contribution in [2.24, 2.45) is 0 Å². The second kappa shape index (κ2) is 6.32. The lowest BCUT2D eigenvalue weighted by atomic mass is 10.1. The Balaban J connectivity index is 2.42. The highest BCUT2D eigenvalue weighted by molar-refractivity contribution is 9.10. The first-order valence-electron chi connectivity index (χ1n) is 5.95. The van der Waals surface area contributed by atoms with E-state index < -0.39 is 5.82 Å². The van der Waals surface area contributed by atoms with Crippen LogP contribution in [0.15, 0.2) is 34.8 Å². The normalized spacial score (nSPS) is 10.3. The van der Waals surface area contributed by atoms with Gasteiger partial charge in [0, 0.05) is 17.1 Å². The lowest BCUT2D eigenvalue weighted by Crippen LogP contribution is -2.18. The zero-order valence-corrected chi connectivity index (χ0v) is 13.3. The summed E-state index contributed by atoms with van der Waals surface area (Å²) in [4.78, 5) is 11.6. The fraction of sp³-hybridized carbons (Fsp3) is 0.0714. The second-order valence-electron chi connectivity index (χ2n) is 4.25. The van der Waals surface area contributed by atoms with E-state index in [2.05, 4.69) is 26.6 Å². The number of carbonyl (C=O) groups is 1. The van der Waals surface area contributed by atoms with Crippen molar-refractivity contribution in [1.29, 1.82) is 0 Å². The van der Waals surface area contributed by atoms with Gasteiger partial charge in [0.05, 0.1) is 22.1 Å². The number of nitrogen functional groups attached to an aromatic ring is 1. The molecule has 2 aromatic carbocycles. The standard InChI is InChI=1S/C14H12BrClFN3O/c1-19-14(21)7-2-3-11(18)12(4-7)20-13-9(15)5-8(17)6-10(13)16/h2-6,20H,18H2,1H3,(H,19,21). The van der Waals surface area contributed by atoms with Crippen molar-refractivity contribution < 1.29 is 9.18 Å². The first-order chi connectivity index (χ1) is 9.92. The van der Waals surface area contributed by atoms with Crippen LogP contribution in [0, 0.1) is 5.82 Å². The quantitative estimate of drug-likeness (QED) is 0.715.